The molecule has 1 aromatic heterocycles. The summed E-state index contributed by atoms with van der Waals surface area (Å²) < 4.78 is 12.0. The zero-order valence-corrected chi connectivity index (χ0v) is 25.4. The summed E-state index contributed by atoms with van der Waals surface area (Å²) in [6.07, 6.45) is 2.19. The lowest BCUT2D eigenvalue weighted by Crippen LogP contribution is -2.54. The minimum atomic E-state index is -0.0708. The van der Waals surface area contributed by atoms with Gasteiger partial charge in [0.25, 0.3) is 0 Å². The second-order valence-corrected chi connectivity index (χ2v) is 12.5. The first-order valence-corrected chi connectivity index (χ1v) is 15.0. The van der Waals surface area contributed by atoms with E-state index >= 15 is 0 Å². The molecule has 4 heterocycles. The molecule has 0 radical (unpaired) electrons. The Hall–Kier alpha value is -3.40. The normalized spacial score (nSPS) is 19.9. The largest absolute Gasteiger partial charge is 0.463 e. The molecule has 3 aromatic rings. The molecule has 1 amide bonds. The van der Waals surface area contributed by atoms with Gasteiger partial charge in [0.15, 0.2) is 0 Å². The molecule has 2 saturated heterocycles. The summed E-state index contributed by atoms with van der Waals surface area (Å²) in [6.45, 7) is 11.9. The Bertz CT molecular complexity index is 1490. The lowest BCUT2D eigenvalue weighted by atomic mass is 9.86. The Balaban J connectivity index is 1.34. The van der Waals surface area contributed by atoms with E-state index in [-0.39, 0.29) is 17.4 Å². The number of aromatic nitrogens is 2. The van der Waals surface area contributed by atoms with E-state index in [1.807, 2.05) is 17.0 Å². The number of anilines is 2. The number of nitrogens with zero attached hydrogens (tertiary/aromatic N) is 6. The highest BCUT2D eigenvalue weighted by Gasteiger charge is 2.41. The van der Waals surface area contributed by atoms with Crippen molar-refractivity contribution >= 4 is 39.8 Å². The highest BCUT2D eigenvalue weighted by Crippen LogP contribution is 2.38. The number of halogens is 1. The van der Waals surface area contributed by atoms with Crippen LogP contribution < -0.4 is 14.5 Å². The van der Waals surface area contributed by atoms with Crippen LogP contribution in [0.25, 0.3) is 10.8 Å². The summed E-state index contributed by atoms with van der Waals surface area (Å²) in [6, 6.07) is 12.8. The first kappa shape index (κ1) is 28.7. The van der Waals surface area contributed by atoms with E-state index in [4.69, 9.17) is 31.0 Å². The molecule has 9 nitrogen and oxygen atoms in total. The van der Waals surface area contributed by atoms with Crippen LogP contribution >= 0.6 is 11.6 Å². The van der Waals surface area contributed by atoms with Gasteiger partial charge in [-0.25, -0.2) is 0 Å². The van der Waals surface area contributed by atoms with Gasteiger partial charge in [0.05, 0.1) is 35.9 Å². The standard InChI is InChI=1S/C32H39ClN6O3/c1-5-28(40)38-14-15-39(22(2)16-38)30-24-12-13-37(27-11-7-9-23-8-6-10-25(33)29(23)27)17-26(24)34-31(35-30)42-21-32(18-36(3)4)19-41-20-32/h5-11,22H,1,12-21H2,2-4H3/t22-/m0/s1. The van der Waals surface area contributed by atoms with Gasteiger partial charge in [-0.05, 0) is 51.0 Å². The van der Waals surface area contributed by atoms with Crippen molar-refractivity contribution in [3.05, 3.63) is 65.3 Å². The van der Waals surface area contributed by atoms with Gasteiger partial charge in [0.2, 0.25) is 5.91 Å². The third kappa shape index (κ3) is 5.53. The van der Waals surface area contributed by atoms with Crippen LogP contribution in [-0.2, 0) is 22.5 Å². The number of piperazine rings is 1. The van der Waals surface area contributed by atoms with E-state index in [1.54, 1.807) is 0 Å². The Morgan fingerprint density at radius 1 is 1.19 bits per heavy atom. The Kier molecular flexibility index (Phi) is 8.00. The van der Waals surface area contributed by atoms with E-state index in [0.29, 0.717) is 52.0 Å². The molecule has 1 atom stereocenters. The first-order valence-electron chi connectivity index (χ1n) is 14.6. The van der Waals surface area contributed by atoms with Crippen molar-refractivity contribution in [2.75, 3.05) is 76.4 Å². The highest BCUT2D eigenvalue weighted by atomic mass is 35.5. The SMILES string of the molecule is C=CC(=O)N1CCN(c2nc(OCC3(CN(C)C)COC3)nc3c2CCN(c2cccc4cccc(Cl)c24)C3)[C@@H](C)C1. The number of benzene rings is 2. The number of fused-ring (bicyclic) bond motifs is 2. The first-order chi connectivity index (χ1) is 20.3. The summed E-state index contributed by atoms with van der Waals surface area (Å²) in [7, 11) is 4.14. The lowest BCUT2D eigenvalue weighted by Gasteiger charge is -2.43. The third-order valence-electron chi connectivity index (χ3n) is 8.56. The topological polar surface area (TPSA) is 74.3 Å². The van der Waals surface area contributed by atoms with Crippen molar-refractivity contribution in [1.29, 1.82) is 0 Å². The molecule has 2 aromatic carbocycles. The van der Waals surface area contributed by atoms with E-state index in [0.717, 1.165) is 58.1 Å². The summed E-state index contributed by atoms with van der Waals surface area (Å²) in [5.74, 6) is 0.879. The molecule has 0 unspecified atom stereocenters. The van der Waals surface area contributed by atoms with Gasteiger partial charge < -0.3 is 29.1 Å². The number of amides is 1. The van der Waals surface area contributed by atoms with Crippen molar-refractivity contribution in [2.45, 2.75) is 25.9 Å². The van der Waals surface area contributed by atoms with Crippen LogP contribution in [0.15, 0.2) is 49.1 Å². The van der Waals surface area contributed by atoms with E-state index in [9.17, 15) is 4.79 Å². The third-order valence-corrected chi connectivity index (χ3v) is 8.87. The maximum absolute atomic E-state index is 12.3. The van der Waals surface area contributed by atoms with Crippen LogP contribution in [0.1, 0.15) is 18.2 Å². The van der Waals surface area contributed by atoms with Gasteiger partial charge in [0, 0.05) is 55.4 Å². The fraction of sp³-hybridized carbons (Fsp3) is 0.469. The molecular formula is C32H39ClN6O3. The van der Waals surface area contributed by atoms with Crippen molar-refractivity contribution in [3.8, 4) is 6.01 Å². The molecule has 0 saturated carbocycles. The van der Waals surface area contributed by atoms with Gasteiger partial charge in [-0.3, -0.25) is 4.79 Å². The lowest BCUT2D eigenvalue weighted by molar-refractivity contribution is -0.140. The van der Waals surface area contributed by atoms with Gasteiger partial charge in [0.1, 0.15) is 12.4 Å². The molecule has 222 valence electrons. The molecule has 6 rings (SSSR count). The van der Waals surface area contributed by atoms with Crippen LogP contribution in [-0.4, -0.2) is 98.4 Å². The van der Waals surface area contributed by atoms with E-state index in [1.165, 1.54) is 6.08 Å². The quantitative estimate of drug-likeness (QED) is 0.364. The fourth-order valence-corrected chi connectivity index (χ4v) is 6.82. The zero-order valence-electron chi connectivity index (χ0n) is 24.7. The Labute approximate surface area is 252 Å². The van der Waals surface area contributed by atoms with E-state index in [2.05, 4.69) is 66.6 Å². The average Bonchev–Trinajstić information content (AvgIpc) is 2.97. The minimum Gasteiger partial charge on any atom is -0.463 e. The van der Waals surface area contributed by atoms with Crippen LogP contribution in [0.4, 0.5) is 11.5 Å². The second kappa shape index (κ2) is 11.7. The molecule has 0 spiro atoms. The summed E-state index contributed by atoms with van der Waals surface area (Å²) in [5, 5.41) is 2.92. The molecule has 0 N–H and O–H groups in total. The molecule has 10 heteroatoms. The van der Waals surface area contributed by atoms with E-state index < -0.39 is 0 Å². The van der Waals surface area contributed by atoms with Crippen molar-refractivity contribution in [3.63, 3.8) is 0 Å². The van der Waals surface area contributed by atoms with Crippen LogP contribution in [0.5, 0.6) is 6.01 Å². The number of hydrogen-bond acceptors (Lipinski definition) is 8. The summed E-state index contributed by atoms with van der Waals surface area (Å²) in [5.41, 5.74) is 3.15. The number of hydrogen-bond donors (Lipinski definition) is 0. The number of carbonyl (C=O) groups is 1. The Morgan fingerprint density at radius 2 is 1.98 bits per heavy atom. The maximum Gasteiger partial charge on any atom is 0.318 e. The van der Waals surface area contributed by atoms with Crippen molar-refractivity contribution < 1.29 is 14.3 Å². The minimum absolute atomic E-state index is 0.0338. The molecule has 0 aliphatic carbocycles. The van der Waals surface area contributed by atoms with Gasteiger partial charge in [-0.15, -0.1) is 0 Å². The number of carbonyl (C=O) groups excluding carboxylic acids is 1. The molecule has 3 aliphatic heterocycles. The molecule has 0 bridgehead atoms. The number of ether oxygens (including phenoxy) is 2. The highest BCUT2D eigenvalue weighted by molar-refractivity contribution is 6.36. The van der Waals surface area contributed by atoms with Crippen molar-refractivity contribution in [2.24, 2.45) is 5.41 Å². The van der Waals surface area contributed by atoms with Crippen LogP contribution in [0.3, 0.4) is 0 Å². The summed E-state index contributed by atoms with van der Waals surface area (Å²) >= 11 is 6.71. The molecule has 3 aliphatic rings. The van der Waals surface area contributed by atoms with Crippen LogP contribution in [0.2, 0.25) is 5.02 Å². The Morgan fingerprint density at radius 3 is 2.67 bits per heavy atom. The predicted molar refractivity (Wildman–Crippen MR) is 167 cm³/mol. The summed E-state index contributed by atoms with van der Waals surface area (Å²) in [4.78, 5) is 31.1. The smallest absolute Gasteiger partial charge is 0.318 e. The van der Waals surface area contributed by atoms with Gasteiger partial charge in [-0.1, -0.05) is 42.4 Å². The predicted octanol–water partition coefficient (Wildman–Crippen LogP) is 4.03. The average molecular weight is 591 g/mol. The molecule has 42 heavy (non-hydrogen) atoms. The molecule has 2 fully saturated rings. The van der Waals surface area contributed by atoms with Gasteiger partial charge >= 0.3 is 6.01 Å². The second-order valence-electron chi connectivity index (χ2n) is 12.1. The monoisotopic (exact) mass is 590 g/mol. The van der Waals surface area contributed by atoms with Gasteiger partial charge in [-0.2, -0.15) is 9.97 Å². The maximum atomic E-state index is 12.3. The molecular weight excluding hydrogens is 552 g/mol. The number of rotatable bonds is 8. The van der Waals surface area contributed by atoms with Crippen LogP contribution in [0, 0.1) is 5.41 Å². The zero-order chi connectivity index (χ0) is 29.4. The fourth-order valence-electron chi connectivity index (χ4n) is 6.54. The van der Waals surface area contributed by atoms with Crippen molar-refractivity contribution in [1.82, 2.24) is 19.8 Å².